The van der Waals surface area contributed by atoms with Gasteiger partial charge in [-0.15, -0.1) is 0 Å². The van der Waals surface area contributed by atoms with Crippen molar-refractivity contribution >= 4 is 99.5 Å². The van der Waals surface area contributed by atoms with Gasteiger partial charge in [-0.2, -0.15) is 0 Å². The lowest BCUT2D eigenvalue weighted by Gasteiger charge is -2.32. The summed E-state index contributed by atoms with van der Waals surface area (Å²) in [5.74, 6) is 0.948. The van der Waals surface area contributed by atoms with Crippen molar-refractivity contribution in [1.82, 2.24) is 0 Å². The SMILES string of the molecule is C1=CCC2C=CC(c3c4cc(N(c5ccc6ccccc6c5)c5ccc6ccccc6c5)ccc4c(C4=Cc5ccccc5CC4)c4cc(N(C5=CCC6CCC=CC6=C5)c5ccc6ccccc6c5)ccc34)=CC2=C1. The topological polar surface area (TPSA) is 6.48 Å². The van der Waals surface area contributed by atoms with E-state index in [2.05, 4.69) is 265 Å². The van der Waals surface area contributed by atoms with Crippen LogP contribution in [0.2, 0.25) is 0 Å². The fourth-order valence-electron chi connectivity index (χ4n) is 13.1. The maximum absolute atomic E-state index is 2.54. The molecule has 76 heavy (non-hydrogen) atoms. The van der Waals surface area contributed by atoms with E-state index >= 15 is 0 Å². The molecule has 2 unspecified atom stereocenters. The molecule has 0 saturated carbocycles. The van der Waals surface area contributed by atoms with E-state index in [9.17, 15) is 0 Å². The van der Waals surface area contributed by atoms with E-state index in [4.69, 9.17) is 0 Å². The summed E-state index contributed by atoms with van der Waals surface area (Å²) in [6, 6.07) is 70.8. The molecule has 15 rings (SSSR count). The van der Waals surface area contributed by atoms with Crippen molar-refractivity contribution in [2.75, 3.05) is 9.80 Å². The number of rotatable bonds is 8. The second-order valence-electron chi connectivity index (χ2n) is 21.4. The first kappa shape index (κ1) is 44.5. The fourth-order valence-corrected chi connectivity index (χ4v) is 13.1. The minimum absolute atomic E-state index is 0.378. The molecule has 0 N–H and O–H groups in total. The smallest absolute Gasteiger partial charge is 0.0468 e. The number of hydrogen-bond acceptors (Lipinski definition) is 2. The zero-order chi connectivity index (χ0) is 50.1. The molecule has 0 amide bonds. The van der Waals surface area contributed by atoms with Crippen LogP contribution in [0.4, 0.5) is 28.4 Å². The lowest BCUT2D eigenvalue weighted by atomic mass is 9.79. The van der Waals surface area contributed by atoms with Gasteiger partial charge in [0.2, 0.25) is 0 Å². The Balaban J connectivity index is 1.02. The molecule has 5 aliphatic rings. The average molecular weight is 973 g/mol. The molecule has 0 spiro atoms. The van der Waals surface area contributed by atoms with Crippen molar-refractivity contribution in [2.45, 2.75) is 38.5 Å². The Bertz CT molecular complexity index is 4240. The average Bonchev–Trinajstić information content (AvgIpc) is 3.49. The van der Waals surface area contributed by atoms with Crippen molar-refractivity contribution < 1.29 is 0 Å². The molecule has 0 saturated heterocycles. The van der Waals surface area contributed by atoms with Gasteiger partial charge in [0.05, 0.1) is 0 Å². The van der Waals surface area contributed by atoms with Crippen LogP contribution in [0, 0.1) is 11.8 Å². The first-order chi connectivity index (χ1) is 37.6. The lowest BCUT2D eigenvalue weighted by molar-refractivity contribution is 0.562. The van der Waals surface area contributed by atoms with E-state index in [1.807, 2.05) is 0 Å². The summed E-state index contributed by atoms with van der Waals surface area (Å²) < 4.78 is 0. The van der Waals surface area contributed by atoms with E-state index in [1.165, 1.54) is 116 Å². The number of fused-ring (bicyclic) bond motifs is 8. The molecule has 10 aromatic rings. The molecule has 10 aromatic carbocycles. The Morgan fingerprint density at radius 1 is 0.421 bits per heavy atom. The number of hydrogen-bond donors (Lipinski definition) is 0. The summed E-state index contributed by atoms with van der Waals surface area (Å²) in [7, 11) is 0. The predicted octanol–water partition coefficient (Wildman–Crippen LogP) is 20.2. The maximum Gasteiger partial charge on any atom is 0.0468 e. The van der Waals surface area contributed by atoms with Crippen LogP contribution >= 0.6 is 0 Å². The molecule has 5 aliphatic carbocycles. The lowest BCUT2D eigenvalue weighted by Crippen LogP contribution is -2.20. The third-order valence-electron chi connectivity index (χ3n) is 17.0. The van der Waals surface area contributed by atoms with E-state index < -0.39 is 0 Å². The molecule has 0 heterocycles. The standard InChI is InChI=1S/C74H56N2/c1-7-19-55-41-61(27-25-49(55)13-1)73-69-39-37-68(76(65-35-31-53-17-5-11-23-59(53)45-65)66-36-32-54-18-6-12-24-60(54)46-66)48-72(69)74(62-28-26-50-14-2-8-20-56(50)42-62)70-40-38-67(47-71(70)73)75(63-33-29-51-15-3-9-21-57(51)43-63)64-34-30-52-16-4-10-22-58(52)44-64/h1-5,7-12,14-17,19-25,27,29-31,33-49,54H,6,13,18,26,28,32H2. The van der Waals surface area contributed by atoms with Crippen molar-refractivity contribution in [3.8, 4) is 0 Å². The molecule has 2 heteroatoms. The normalized spacial score (nSPS) is 17.7. The van der Waals surface area contributed by atoms with Gasteiger partial charge in [-0.05, 0) is 210 Å². The monoisotopic (exact) mass is 972 g/mol. The van der Waals surface area contributed by atoms with Crippen molar-refractivity contribution in [1.29, 1.82) is 0 Å². The fraction of sp³-hybridized carbons (Fsp3) is 0.108. The Morgan fingerprint density at radius 2 is 1.00 bits per heavy atom. The van der Waals surface area contributed by atoms with Crippen molar-refractivity contribution in [2.24, 2.45) is 11.8 Å². The largest absolute Gasteiger partial charge is 0.311 e. The molecular formula is C74H56N2. The van der Waals surface area contributed by atoms with E-state index in [0.29, 0.717) is 11.8 Å². The van der Waals surface area contributed by atoms with Crippen LogP contribution in [0.1, 0.15) is 54.4 Å². The Kier molecular flexibility index (Phi) is 10.8. The second kappa shape index (κ2) is 18.4. The van der Waals surface area contributed by atoms with Gasteiger partial charge in [-0.1, -0.05) is 188 Å². The van der Waals surface area contributed by atoms with E-state index in [1.54, 1.807) is 0 Å². The zero-order valence-corrected chi connectivity index (χ0v) is 42.5. The molecule has 0 bridgehead atoms. The van der Waals surface area contributed by atoms with Crippen molar-refractivity contribution in [3.63, 3.8) is 0 Å². The first-order valence-electron chi connectivity index (χ1n) is 27.4. The number of aryl methyl sites for hydroxylation is 1. The van der Waals surface area contributed by atoms with E-state index in [-0.39, 0.29) is 0 Å². The van der Waals surface area contributed by atoms with Crippen LogP contribution in [-0.4, -0.2) is 0 Å². The minimum Gasteiger partial charge on any atom is -0.311 e. The minimum atomic E-state index is 0.378. The van der Waals surface area contributed by atoms with E-state index in [0.717, 1.165) is 54.9 Å². The number of benzene rings is 10. The van der Waals surface area contributed by atoms with Crippen molar-refractivity contribution in [3.05, 3.63) is 288 Å². The molecule has 362 valence electrons. The van der Waals surface area contributed by atoms with Gasteiger partial charge < -0.3 is 9.80 Å². The highest BCUT2D eigenvalue weighted by Crippen LogP contribution is 2.49. The van der Waals surface area contributed by atoms with Gasteiger partial charge >= 0.3 is 0 Å². The van der Waals surface area contributed by atoms with Crippen LogP contribution in [0.5, 0.6) is 0 Å². The highest BCUT2D eigenvalue weighted by molar-refractivity contribution is 6.20. The third kappa shape index (κ3) is 7.78. The van der Waals surface area contributed by atoms with Gasteiger partial charge in [0.1, 0.15) is 0 Å². The van der Waals surface area contributed by atoms with Crippen LogP contribution < -0.4 is 9.80 Å². The number of nitrogens with zero attached hydrogens (tertiary/aromatic N) is 2. The summed E-state index contributed by atoms with van der Waals surface area (Å²) in [5, 5.41) is 12.4. The predicted molar refractivity (Wildman–Crippen MR) is 325 cm³/mol. The van der Waals surface area contributed by atoms with Crippen LogP contribution in [0.25, 0.3) is 71.1 Å². The summed E-state index contributed by atoms with van der Waals surface area (Å²) in [4.78, 5) is 5.01. The highest BCUT2D eigenvalue weighted by atomic mass is 15.2. The van der Waals surface area contributed by atoms with Crippen LogP contribution in [0.3, 0.4) is 0 Å². The van der Waals surface area contributed by atoms with Crippen LogP contribution in [-0.2, 0) is 6.42 Å². The number of anilines is 5. The molecular weight excluding hydrogens is 917 g/mol. The quantitative estimate of drug-likeness (QED) is 0.140. The van der Waals surface area contributed by atoms with Gasteiger partial charge in [-0.3, -0.25) is 0 Å². The maximum atomic E-state index is 2.54. The third-order valence-corrected chi connectivity index (χ3v) is 17.0. The molecule has 0 aliphatic heterocycles. The summed E-state index contributed by atoms with van der Waals surface area (Å²) >= 11 is 0. The van der Waals surface area contributed by atoms with Gasteiger partial charge in [0.15, 0.2) is 0 Å². The van der Waals surface area contributed by atoms with Gasteiger partial charge in [0, 0.05) is 40.1 Å². The Morgan fingerprint density at radius 3 is 1.70 bits per heavy atom. The molecule has 2 nitrogen and oxygen atoms in total. The molecule has 0 fully saturated rings. The summed E-state index contributed by atoms with van der Waals surface area (Å²) in [6.07, 6.45) is 32.8. The Hall–Kier alpha value is -8.98. The first-order valence-corrected chi connectivity index (χ1v) is 27.4. The number of allylic oxidation sites excluding steroid dienone is 14. The highest BCUT2D eigenvalue weighted by Gasteiger charge is 2.28. The summed E-state index contributed by atoms with van der Waals surface area (Å²) in [5.41, 5.74) is 17.7. The van der Waals surface area contributed by atoms with Gasteiger partial charge in [-0.25, -0.2) is 0 Å². The molecule has 0 aromatic heterocycles. The molecule has 0 radical (unpaired) electrons. The zero-order valence-electron chi connectivity index (χ0n) is 42.5. The second-order valence-corrected chi connectivity index (χ2v) is 21.4. The van der Waals surface area contributed by atoms with Crippen LogP contribution in [0.15, 0.2) is 266 Å². The van der Waals surface area contributed by atoms with Gasteiger partial charge in [0.25, 0.3) is 0 Å². The molecule has 2 atom stereocenters. The summed E-state index contributed by atoms with van der Waals surface area (Å²) in [6.45, 7) is 0. The Labute approximate surface area is 445 Å².